The monoisotopic (exact) mass is 299 g/mol. The van der Waals surface area contributed by atoms with Crippen molar-refractivity contribution in [3.05, 3.63) is 34.4 Å². The van der Waals surface area contributed by atoms with Crippen LogP contribution in [0.25, 0.3) is 0 Å². The maximum Gasteiger partial charge on any atom is 0.269 e. The maximum absolute atomic E-state index is 12.0. The number of sulfone groups is 1. The molecule has 1 fully saturated rings. The van der Waals surface area contributed by atoms with E-state index < -0.39 is 20.5 Å². The van der Waals surface area contributed by atoms with Gasteiger partial charge in [-0.15, -0.1) is 0 Å². The second-order valence-corrected chi connectivity index (χ2v) is 6.53. The van der Waals surface area contributed by atoms with Gasteiger partial charge in [0, 0.05) is 24.7 Å². The van der Waals surface area contributed by atoms with E-state index in [0.717, 1.165) is 24.3 Å². The number of ether oxygens (including phenoxy) is 1. The van der Waals surface area contributed by atoms with E-state index in [1.54, 1.807) is 0 Å². The van der Waals surface area contributed by atoms with Gasteiger partial charge in [0.2, 0.25) is 0 Å². The molecule has 8 heteroatoms. The molecule has 1 aromatic carbocycles. The molecule has 0 aliphatic carbocycles. The van der Waals surface area contributed by atoms with Crippen LogP contribution in [-0.2, 0) is 19.4 Å². The molecule has 1 atom stereocenters. The topological polar surface area (TPSA) is 104 Å². The third-order valence-electron chi connectivity index (χ3n) is 3.12. The summed E-state index contributed by atoms with van der Waals surface area (Å²) in [6.07, 6.45) is 0.536. The quantitative estimate of drug-likeness (QED) is 0.593. The molecule has 108 valence electrons. The van der Waals surface area contributed by atoms with Gasteiger partial charge in [-0.3, -0.25) is 14.9 Å². The van der Waals surface area contributed by atoms with E-state index in [0.29, 0.717) is 13.0 Å². The Balaban J connectivity index is 2.13. The Morgan fingerprint density at radius 1 is 1.35 bits per heavy atom. The predicted molar refractivity (Wildman–Crippen MR) is 69.1 cm³/mol. The van der Waals surface area contributed by atoms with E-state index in [1.165, 1.54) is 0 Å². The molecule has 0 spiro atoms. The van der Waals surface area contributed by atoms with Gasteiger partial charge in [0.05, 0.1) is 16.4 Å². The number of carbonyl (C=O) groups excluding carboxylic acids is 1. The van der Waals surface area contributed by atoms with Crippen LogP contribution in [0.3, 0.4) is 0 Å². The summed E-state index contributed by atoms with van der Waals surface area (Å²) >= 11 is 0. The second kappa shape index (κ2) is 5.68. The third-order valence-corrected chi connectivity index (χ3v) is 4.78. The number of rotatable bonds is 5. The van der Waals surface area contributed by atoms with Gasteiger partial charge in [0.1, 0.15) is 5.75 Å². The summed E-state index contributed by atoms with van der Waals surface area (Å²) in [6.45, 7) is 0.725. The fourth-order valence-corrected chi connectivity index (χ4v) is 3.28. The average Bonchev–Trinajstić information content (AvgIpc) is 2.92. The van der Waals surface area contributed by atoms with E-state index >= 15 is 0 Å². The molecule has 20 heavy (non-hydrogen) atoms. The molecular formula is C12H13NO6S. The standard InChI is InChI=1S/C12H13NO6S/c14-12(9-5-6-19-7-9)8-20(17,18)11-3-1-10(2-4-11)13(15)16/h1-4,9H,5-8H2. The molecule has 7 nitrogen and oxygen atoms in total. The highest BCUT2D eigenvalue weighted by atomic mass is 32.2. The SMILES string of the molecule is O=C(CS(=O)(=O)c1ccc([N+](=O)[O-])cc1)C1CCOC1. The summed E-state index contributed by atoms with van der Waals surface area (Å²) in [7, 11) is -3.77. The summed E-state index contributed by atoms with van der Waals surface area (Å²) in [5, 5.41) is 10.5. The summed E-state index contributed by atoms with van der Waals surface area (Å²) in [4.78, 5) is 21.6. The lowest BCUT2D eigenvalue weighted by Gasteiger charge is -2.07. The van der Waals surface area contributed by atoms with E-state index in [9.17, 15) is 23.3 Å². The third kappa shape index (κ3) is 3.20. The Morgan fingerprint density at radius 3 is 2.50 bits per heavy atom. The molecule has 0 N–H and O–H groups in total. The van der Waals surface area contributed by atoms with Gasteiger partial charge in [-0.1, -0.05) is 0 Å². The first-order chi connectivity index (χ1) is 9.40. The van der Waals surface area contributed by atoms with Crippen LogP contribution in [-0.4, -0.2) is 38.1 Å². The van der Waals surface area contributed by atoms with Crippen molar-refractivity contribution in [2.24, 2.45) is 5.92 Å². The molecule has 1 aliphatic heterocycles. The van der Waals surface area contributed by atoms with Crippen LogP contribution in [0.2, 0.25) is 0 Å². The Morgan fingerprint density at radius 2 is 2.00 bits per heavy atom. The van der Waals surface area contributed by atoms with Crippen molar-refractivity contribution in [2.45, 2.75) is 11.3 Å². The van der Waals surface area contributed by atoms with Crippen molar-refractivity contribution in [1.29, 1.82) is 0 Å². The van der Waals surface area contributed by atoms with Crippen LogP contribution in [0, 0.1) is 16.0 Å². The van der Waals surface area contributed by atoms with Crippen molar-refractivity contribution in [3.63, 3.8) is 0 Å². The fourth-order valence-electron chi connectivity index (χ4n) is 1.95. The summed E-state index contributed by atoms with van der Waals surface area (Å²) < 4.78 is 29.1. The number of hydrogen-bond donors (Lipinski definition) is 0. The van der Waals surface area contributed by atoms with Crippen LogP contribution in [0.15, 0.2) is 29.2 Å². The zero-order valence-corrected chi connectivity index (χ0v) is 11.3. The number of carbonyl (C=O) groups is 1. The molecule has 1 aliphatic rings. The molecular weight excluding hydrogens is 286 g/mol. The first kappa shape index (κ1) is 14.6. The first-order valence-corrected chi connectivity index (χ1v) is 7.63. The zero-order chi connectivity index (χ0) is 14.8. The van der Waals surface area contributed by atoms with E-state index in [4.69, 9.17) is 4.74 Å². The number of nitrogens with zero attached hydrogens (tertiary/aromatic N) is 1. The zero-order valence-electron chi connectivity index (χ0n) is 10.5. The average molecular weight is 299 g/mol. The number of Topliss-reactive ketones (excluding diaryl/α,β-unsaturated/α-hetero) is 1. The van der Waals surface area contributed by atoms with Gasteiger partial charge in [-0.05, 0) is 18.6 Å². The van der Waals surface area contributed by atoms with Crippen LogP contribution in [0.5, 0.6) is 0 Å². The van der Waals surface area contributed by atoms with Gasteiger partial charge in [0.25, 0.3) is 5.69 Å². The van der Waals surface area contributed by atoms with Gasteiger partial charge < -0.3 is 4.74 Å². The number of ketones is 1. The van der Waals surface area contributed by atoms with Crippen LogP contribution < -0.4 is 0 Å². The number of nitro benzene ring substituents is 1. The van der Waals surface area contributed by atoms with E-state index in [2.05, 4.69) is 0 Å². The smallest absolute Gasteiger partial charge is 0.269 e. The first-order valence-electron chi connectivity index (χ1n) is 5.98. The number of hydrogen-bond acceptors (Lipinski definition) is 6. The summed E-state index contributed by atoms with van der Waals surface area (Å²) in [5.41, 5.74) is -0.195. The lowest BCUT2D eigenvalue weighted by molar-refractivity contribution is -0.384. The maximum atomic E-state index is 12.0. The second-order valence-electron chi connectivity index (χ2n) is 4.54. The number of benzene rings is 1. The molecule has 1 unspecified atom stereocenters. The minimum Gasteiger partial charge on any atom is -0.381 e. The van der Waals surface area contributed by atoms with Gasteiger partial charge in [-0.25, -0.2) is 8.42 Å². The van der Waals surface area contributed by atoms with Crippen LogP contribution in [0.4, 0.5) is 5.69 Å². The van der Waals surface area contributed by atoms with Crippen molar-refractivity contribution in [2.75, 3.05) is 19.0 Å². The molecule has 1 heterocycles. The largest absolute Gasteiger partial charge is 0.381 e. The van der Waals surface area contributed by atoms with Crippen LogP contribution >= 0.6 is 0 Å². The predicted octanol–water partition coefficient (Wildman–Crippen LogP) is 0.974. The number of non-ortho nitro benzene ring substituents is 1. The fraction of sp³-hybridized carbons (Fsp3) is 0.417. The lowest BCUT2D eigenvalue weighted by Crippen LogP contribution is -2.24. The van der Waals surface area contributed by atoms with Gasteiger partial charge >= 0.3 is 0 Å². The molecule has 0 bridgehead atoms. The van der Waals surface area contributed by atoms with Crippen molar-refractivity contribution in [1.82, 2.24) is 0 Å². The highest BCUT2D eigenvalue weighted by Gasteiger charge is 2.28. The van der Waals surface area contributed by atoms with E-state index in [-0.39, 0.29) is 28.9 Å². The molecule has 1 saturated heterocycles. The lowest BCUT2D eigenvalue weighted by atomic mass is 10.1. The minimum absolute atomic E-state index is 0.0876. The molecule has 0 radical (unpaired) electrons. The Bertz CT molecular complexity index is 616. The highest BCUT2D eigenvalue weighted by molar-refractivity contribution is 7.92. The van der Waals surface area contributed by atoms with Gasteiger partial charge in [0.15, 0.2) is 15.6 Å². The van der Waals surface area contributed by atoms with Crippen molar-refractivity contribution in [3.8, 4) is 0 Å². The summed E-state index contributed by atoms with van der Waals surface area (Å²) in [6, 6.07) is 4.50. The van der Waals surface area contributed by atoms with Crippen molar-refractivity contribution >= 4 is 21.3 Å². The molecule has 2 rings (SSSR count). The Labute approximate surface area is 115 Å². The van der Waals surface area contributed by atoms with E-state index in [1.807, 2.05) is 0 Å². The Kier molecular flexibility index (Phi) is 4.15. The van der Waals surface area contributed by atoms with Crippen molar-refractivity contribution < 1.29 is 22.9 Å². The molecule has 0 aromatic heterocycles. The molecule has 1 aromatic rings. The molecule has 0 amide bonds. The van der Waals surface area contributed by atoms with Crippen LogP contribution in [0.1, 0.15) is 6.42 Å². The minimum atomic E-state index is -3.77. The highest BCUT2D eigenvalue weighted by Crippen LogP contribution is 2.20. The summed E-state index contributed by atoms with van der Waals surface area (Å²) in [5.74, 6) is -1.34. The molecule has 0 saturated carbocycles. The van der Waals surface area contributed by atoms with Gasteiger partial charge in [-0.2, -0.15) is 0 Å². The Hall–Kier alpha value is -1.80. The normalized spacial score (nSPS) is 18.9. The number of nitro groups is 1.